The third kappa shape index (κ3) is 4.13. The highest BCUT2D eigenvalue weighted by Gasteiger charge is 2.24. The number of nitrogens with zero attached hydrogens (tertiary/aromatic N) is 2. The summed E-state index contributed by atoms with van der Waals surface area (Å²) >= 11 is 3.35. The van der Waals surface area contributed by atoms with Crippen LogP contribution < -0.4 is 0 Å². The fourth-order valence-corrected chi connectivity index (χ4v) is 3.18. The van der Waals surface area contributed by atoms with Crippen molar-refractivity contribution in [1.29, 1.82) is 0 Å². The van der Waals surface area contributed by atoms with E-state index >= 15 is 0 Å². The van der Waals surface area contributed by atoms with Crippen LogP contribution in [0.1, 0.15) is 28.8 Å². The highest BCUT2D eigenvalue weighted by atomic mass is 79.9. The monoisotopic (exact) mass is 390 g/mol. The molecular formula is C18H19BrN2O3. The summed E-state index contributed by atoms with van der Waals surface area (Å²) in [6.45, 7) is 1.57. The fraction of sp³-hybridized carbons (Fsp3) is 0.333. The van der Waals surface area contributed by atoms with Gasteiger partial charge in [-0.1, -0.05) is 18.2 Å². The number of halogens is 1. The Morgan fingerprint density at radius 3 is 2.92 bits per heavy atom. The molecule has 0 bridgehead atoms. The van der Waals surface area contributed by atoms with Gasteiger partial charge in [-0.15, -0.1) is 0 Å². The number of aromatic nitrogens is 1. The molecule has 126 valence electrons. The number of aromatic hydroxyl groups is 1. The van der Waals surface area contributed by atoms with Gasteiger partial charge in [0.2, 0.25) is 0 Å². The van der Waals surface area contributed by atoms with Crippen LogP contribution in [0.4, 0.5) is 0 Å². The lowest BCUT2D eigenvalue weighted by atomic mass is 10.1. The largest absolute Gasteiger partial charge is 0.508 e. The minimum Gasteiger partial charge on any atom is -0.508 e. The molecule has 1 aliphatic rings. The first-order valence-corrected chi connectivity index (χ1v) is 8.71. The SMILES string of the molecule is O=C(c1cncc(Br)c1)N(Cc1ccccc1O)CC1CCCO1. The van der Waals surface area contributed by atoms with Crippen LogP contribution in [-0.2, 0) is 11.3 Å². The van der Waals surface area contributed by atoms with Crippen molar-refractivity contribution in [2.24, 2.45) is 0 Å². The number of para-hydroxylation sites is 1. The van der Waals surface area contributed by atoms with Gasteiger partial charge in [0.1, 0.15) is 5.75 Å². The predicted octanol–water partition coefficient (Wildman–Crippen LogP) is 3.37. The maximum Gasteiger partial charge on any atom is 0.255 e. The van der Waals surface area contributed by atoms with Crippen LogP contribution in [-0.4, -0.2) is 40.2 Å². The summed E-state index contributed by atoms with van der Waals surface area (Å²) in [5.41, 5.74) is 1.23. The standard InChI is InChI=1S/C18H19BrN2O3/c19-15-8-14(9-20-10-15)18(23)21(12-16-5-3-7-24-16)11-13-4-1-2-6-17(13)22/h1-2,4,6,8-10,16,22H,3,5,7,11-12H2. The second kappa shape index (κ2) is 7.77. The van der Waals surface area contributed by atoms with E-state index in [1.807, 2.05) is 12.1 Å². The quantitative estimate of drug-likeness (QED) is 0.849. The molecule has 2 heterocycles. The van der Waals surface area contributed by atoms with Crippen LogP contribution in [0.15, 0.2) is 47.2 Å². The first-order chi connectivity index (χ1) is 11.6. The summed E-state index contributed by atoms with van der Waals surface area (Å²) in [4.78, 5) is 18.7. The number of amides is 1. The number of rotatable bonds is 5. The molecule has 1 aromatic heterocycles. The number of hydrogen-bond donors (Lipinski definition) is 1. The zero-order valence-corrected chi connectivity index (χ0v) is 14.8. The van der Waals surface area contributed by atoms with Crippen LogP contribution in [0.25, 0.3) is 0 Å². The minimum absolute atomic E-state index is 0.0416. The fourth-order valence-electron chi connectivity index (χ4n) is 2.81. The molecule has 6 heteroatoms. The van der Waals surface area contributed by atoms with Gasteiger partial charge in [-0.25, -0.2) is 0 Å². The van der Waals surface area contributed by atoms with Crippen molar-refractivity contribution in [3.8, 4) is 5.75 Å². The van der Waals surface area contributed by atoms with Gasteiger partial charge in [-0.2, -0.15) is 0 Å². The first kappa shape index (κ1) is 16.9. The zero-order chi connectivity index (χ0) is 16.9. The molecule has 3 rings (SSSR count). The predicted molar refractivity (Wildman–Crippen MR) is 93.8 cm³/mol. The average Bonchev–Trinajstić information content (AvgIpc) is 3.08. The molecule has 1 atom stereocenters. The van der Waals surface area contributed by atoms with Gasteiger partial charge >= 0.3 is 0 Å². The smallest absolute Gasteiger partial charge is 0.255 e. The lowest BCUT2D eigenvalue weighted by Crippen LogP contribution is -2.37. The van der Waals surface area contributed by atoms with Crippen molar-refractivity contribution in [3.05, 3.63) is 58.3 Å². The maximum absolute atomic E-state index is 12.9. The van der Waals surface area contributed by atoms with Gasteiger partial charge in [0.15, 0.2) is 0 Å². The molecule has 0 spiro atoms. The Kier molecular flexibility index (Phi) is 5.48. The highest BCUT2D eigenvalue weighted by molar-refractivity contribution is 9.10. The number of phenols is 1. The second-order valence-electron chi connectivity index (χ2n) is 5.84. The van der Waals surface area contributed by atoms with Gasteiger partial charge in [0.05, 0.1) is 11.7 Å². The maximum atomic E-state index is 12.9. The van der Waals surface area contributed by atoms with E-state index in [2.05, 4.69) is 20.9 Å². The van der Waals surface area contributed by atoms with E-state index in [9.17, 15) is 9.90 Å². The van der Waals surface area contributed by atoms with Crippen LogP contribution in [0, 0.1) is 0 Å². The molecule has 0 radical (unpaired) electrons. The molecular weight excluding hydrogens is 372 g/mol. The summed E-state index contributed by atoms with van der Waals surface area (Å²) in [6.07, 6.45) is 5.20. The molecule has 0 aliphatic carbocycles. The Hall–Kier alpha value is -1.92. The Morgan fingerprint density at radius 2 is 2.21 bits per heavy atom. The number of benzene rings is 1. The molecule has 1 aromatic carbocycles. The summed E-state index contributed by atoms with van der Waals surface area (Å²) in [6, 6.07) is 8.82. The molecule has 1 unspecified atom stereocenters. The van der Waals surface area contributed by atoms with E-state index in [0.717, 1.165) is 23.9 Å². The van der Waals surface area contributed by atoms with E-state index in [4.69, 9.17) is 4.74 Å². The van der Waals surface area contributed by atoms with Crippen molar-refractivity contribution in [3.63, 3.8) is 0 Å². The van der Waals surface area contributed by atoms with E-state index in [-0.39, 0.29) is 17.8 Å². The van der Waals surface area contributed by atoms with E-state index in [0.29, 0.717) is 24.2 Å². The van der Waals surface area contributed by atoms with Gasteiger partial charge in [-0.3, -0.25) is 9.78 Å². The van der Waals surface area contributed by atoms with Crippen molar-refractivity contribution in [1.82, 2.24) is 9.88 Å². The van der Waals surface area contributed by atoms with Gasteiger partial charge < -0.3 is 14.7 Å². The molecule has 1 amide bonds. The molecule has 5 nitrogen and oxygen atoms in total. The Balaban J connectivity index is 1.83. The normalized spacial score (nSPS) is 17.0. The molecule has 1 aliphatic heterocycles. The lowest BCUT2D eigenvalue weighted by molar-refractivity contribution is 0.0505. The lowest BCUT2D eigenvalue weighted by Gasteiger charge is -2.26. The van der Waals surface area contributed by atoms with Gasteiger partial charge in [0.25, 0.3) is 5.91 Å². The van der Waals surface area contributed by atoms with Gasteiger partial charge in [-0.05, 0) is 40.9 Å². The second-order valence-corrected chi connectivity index (χ2v) is 6.76. The highest BCUT2D eigenvalue weighted by Crippen LogP contribution is 2.22. The average molecular weight is 391 g/mol. The summed E-state index contributed by atoms with van der Waals surface area (Å²) in [5.74, 6) is 0.0672. The van der Waals surface area contributed by atoms with Gasteiger partial charge in [0, 0.05) is 42.1 Å². The molecule has 0 saturated carbocycles. The molecule has 1 saturated heterocycles. The Bertz CT molecular complexity index is 717. The molecule has 1 fully saturated rings. The van der Waals surface area contributed by atoms with E-state index < -0.39 is 0 Å². The Morgan fingerprint density at radius 1 is 1.38 bits per heavy atom. The van der Waals surface area contributed by atoms with E-state index in [1.54, 1.807) is 35.5 Å². The summed E-state index contributed by atoms with van der Waals surface area (Å²) < 4.78 is 6.44. The number of phenolic OH excluding ortho intramolecular Hbond substituents is 1. The molecule has 2 aromatic rings. The van der Waals surface area contributed by atoms with E-state index in [1.165, 1.54) is 0 Å². The number of carbonyl (C=O) groups is 1. The summed E-state index contributed by atoms with van der Waals surface area (Å²) in [5, 5.41) is 10.0. The number of pyridine rings is 1. The number of hydrogen-bond acceptors (Lipinski definition) is 4. The van der Waals surface area contributed by atoms with Crippen LogP contribution >= 0.6 is 15.9 Å². The number of ether oxygens (including phenoxy) is 1. The molecule has 24 heavy (non-hydrogen) atoms. The first-order valence-electron chi connectivity index (χ1n) is 7.92. The van der Waals surface area contributed by atoms with Crippen LogP contribution in [0.3, 0.4) is 0 Å². The van der Waals surface area contributed by atoms with Crippen molar-refractivity contribution < 1.29 is 14.6 Å². The topological polar surface area (TPSA) is 62.7 Å². The number of carbonyl (C=O) groups excluding carboxylic acids is 1. The van der Waals surface area contributed by atoms with Crippen molar-refractivity contribution >= 4 is 21.8 Å². The minimum atomic E-state index is -0.123. The van der Waals surface area contributed by atoms with Crippen LogP contribution in [0.5, 0.6) is 5.75 Å². The molecule has 1 N–H and O–H groups in total. The van der Waals surface area contributed by atoms with Crippen molar-refractivity contribution in [2.75, 3.05) is 13.2 Å². The third-order valence-electron chi connectivity index (χ3n) is 4.04. The van der Waals surface area contributed by atoms with Crippen LogP contribution in [0.2, 0.25) is 0 Å². The summed E-state index contributed by atoms with van der Waals surface area (Å²) in [7, 11) is 0. The Labute approximate surface area is 149 Å². The zero-order valence-electron chi connectivity index (χ0n) is 13.2. The third-order valence-corrected chi connectivity index (χ3v) is 4.47. The van der Waals surface area contributed by atoms with Crippen molar-refractivity contribution in [2.45, 2.75) is 25.5 Å².